The van der Waals surface area contributed by atoms with E-state index < -0.39 is 5.54 Å². The Morgan fingerprint density at radius 2 is 1.79 bits per heavy atom. The lowest BCUT2D eigenvalue weighted by atomic mass is 9.90. The lowest BCUT2D eigenvalue weighted by Crippen LogP contribution is -2.37. The number of nitrogens with two attached hydrogens (primary N) is 1. The SMILES string of the molecule is Cc1cc(O)c([C@](C)(N)CO)cc1C. The van der Waals surface area contributed by atoms with E-state index in [0.717, 1.165) is 11.1 Å². The number of aromatic hydroxyl groups is 1. The number of aliphatic hydroxyl groups is 1. The van der Waals surface area contributed by atoms with Crippen LogP contribution in [0.2, 0.25) is 0 Å². The molecular weight excluding hydrogens is 178 g/mol. The van der Waals surface area contributed by atoms with Crippen LogP contribution >= 0.6 is 0 Å². The summed E-state index contributed by atoms with van der Waals surface area (Å²) in [5.74, 6) is 0.146. The van der Waals surface area contributed by atoms with E-state index >= 15 is 0 Å². The zero-order chi connectivity index (χ0) is 10.9. The minimum absolute atomic E-state index is 0.146. The maximum absolute atomic E-state index is 9.69. The van der Waals surface area contributed by atoms with E-state index in [1.807, 2.05) is 19.9 Å². The van der Waals surface area contributed by atoms with Gasteiger partial charge in [0.05, 0.1) is 12.1 Å². The van der Waals surface area contributed by atoms with Gasteiger partial charge in [-0.15, -0.1) is 0 Å². The molecule has 0 saturated heterocycles. The van der Waals surface area contributed by atoms with Gasteiger partial charge in [0.1, 0.15) is 5.75 Å². The molecule has 0 bridgehead atoms. The fraction of sp³-hybridized carbons (Fsp3) is 0.455. The fourth-order valence-electron chi connectivity index (χ4n) is 1.34. The van der Waals surface area contributed by atoms with Gasteiger partial charge in [-0.05, 0) is 38.0 Å². The van der Waals surface area contributed by atoms with E-state index in [-0.39, 0.29) is 12.4 Å². The van der Waals surface area contributed by atoms with Crippen LogP contribution in [0.3, 0.4) is 0 Å². The highest BCUT2D eigenvalue weighted by atomic mass is 16.3. The lowest BCUT2D eigenvalue weighted by Gasteiger charge is -2.24. The second-order valence-electron chi connectivity index (χ2n) is 4.03. The van der Waals surface area contributed by atoms with Crippen LogP contribution in [0.25, 0.3) is 0 Å². The van der Waals surface area contributed by atoms with Gasteiger partial charge in [-0.1, -0.05) is 6.07 Å². The molecule has 0 aromatic heterocycles. The van der Waals surface area contributed by atoms with Crippen molar-refractivity contribution in [2.45, 2.75) is 26.3 Å². The molecule has 0 aliphatic carbocycles. The maximum Gasteiger partial charge on any atom is 0.120 e. The fourth-order valence-corrected chi connectivity index (χ4v) is 1.34. The summed E-state index contributed by atoms with van der Waals surface area (Å²) in [5.41, 5.74) is 7.62. The zero-order valence-corrected chi connectivity index (χ0v) is 8.83. The molecule has 3 heteroatoms. The van der Waals surface area contributed by atoms with E-state index in [4.69, 9.17) is 10.8 Å². The van der Waals surface area contributed by atoms with Gasteiger partial charge in [-0.3, -0.25) is 0 Å². The number of aliphatic hydroxyl groups excluding tert-OH is 1. The predicted octanol–water partition coefficient (Wildman–Crippen LogP) is 1.18. The number of rotatable bonds is 2. The summed E-state index contributed by atoms with van der Waals surface area (Å²) < 4.78 is 0. The minimum atomic E-state index is -0.886. The van der Waals surface area contributed by atoms with Crippen molar-refractivity contribution in [3.05, 3.63) is 28.8 Å². The highest BCUT2D eigenvalue weighted by Crippen LogP contribution is 2.29. The average Bonchev–Trinajstić information content (AvgIpc) is 2.11. The molecule has 0 saturated carbocycles. The second kappa shape index (κ2) is 3.59. The van der Waals surface area contributed by atoms with Gasteiger partial charge >= 0.3 is 0 Å². The summed E-state index contributed by atoms with van der Waals surface area (Å²) in [6, 6.07) is 3.49. The Kier molecular flexibility index (Phi) is 2.83. The molecule has 0 amide bonds. The van der Waals surface area contributed by atoms with Crippen LogP contribution in [0.4, 0.5) is 0 Å². The van der Waals surface area contributed by atoms with Gasteiger partial charge < -0.3 is 15.9 Å². The van der Waals surface area contributed by atoms with Crippen molar-refractivity contribution in [2.24, 2.45) is 5.73 Å². The summed E-state index contributed by atoms with van der Waals surface area (Å²) in [5, 5.41) is 18.8. The topological polar surface area (TPSA) is 66.5 Å². The normalized spacial score (nSPS) is 15.2. The van der Waals surface area contributed by atoms with Crippen LogP contribution < -0.4 is 5.73 Å². The number of benzene rings is 1. The Labute approximate surface area is 84.2 Å². The molecule has 14 heavy (non-hydrogen) atoms. The Hall–Kier alpha value is -1.06. The van der Waals surface area contributed by atoms with E-state index in [9.17, 15) is 5.11 Å². The number of aryl methyl sites for hydroxylation is 2. The van der Waals surface area contributed by atoms with Gasteiger partial charge in [0, 0.05) is 5.56 Å². The van der Waals surface area contributed by atoms with Gasteiger partial charge in [0.25, 0.3) is 0 Å². The summed E-state index contributed by atoms with van der Waals surface area (Å²) >= 11 is 0. The Bertz CT molecular complexity index is 345. The summed E-state index contributed by atoms with van der Waals surface area (Å²) in [7, 11) is 0. The first-order valence-corrected chi connectivity index (χ1v) is 4.59. The van der Waals surface area contributed by atoms with Crippen molar-refractivity contribution in [1.82, 2.24) is 0 Å². The third kappa shape index (κ3) is 1.89. The molecule has 0 heterocycles. The molecule has 0 spiro atoms. The number of phenols is 1. The Morgan fingerprint density at radius 3 is 2.29 bits per heavy atom. The number of hydrogen-bond acceptors (Lipinski definition) is 3. The van der Waals surface area contributed by atoms with Crippen molar-refractivity contribution in [2.75, 3.05) is 6.61 Å². The molecule has 78 valence electrons. The Balaban J connectivity index is 3.29. The molecule has 1 aromatic rings. The third-order valence-electron chi connectivity index (χ3n) is 2.56. The van der Waals surface area contributed by atoms with Crippen molar-refractivity contribution >= 4 is 0 Å². The van der Waals surface area contributed by atoms with Crippen molar-refractivity contribution in [3.8, 4) is 5.75 Å². The van der Waals surface area contributed by atoms with Crippen LogP contribution in [0.5, 0.6) is 5.75 Å². The molecule has 0 aliphatic rings. The molecule has 0 fully saturated rings. The lowest BCUT2D eigenvalue weighted by molar-refractivity contribution is 0.207. The molecule has 3 nitrogen and oxygen atoms in total. The van der Waals surface area contributed by atoms with Gasteiger partial charge in [-0.2, -0.15) is 0 Å². The van der Waals surface area contributed by atoms with E-state index in [2.05, 4.69) is 0 Å². The van der Waals surface area contributed by atoms with Crippen molar-refractivity contribution in [1.29, 1.82) is 0 Å². The summed E-state index contributed by atoms with van der Waals surface area (Å²) in [4.78, 5) is 0. The average molecular weight is 195 g/mol. The Morgan fingerprint density at radius 1 is 1.29 bits per heavy atom. The molecule has 1 rings (SSSR count). The highest BCUT2D eigenvalue weighted by Gasteiger charge is 2.23. The minimum Gasteiger partial charge on any atom is -0.508 e. The van der Waals surface area contributed by atoms with Gasteiger partial charge in [0.2, 0.25) is 0 Å². The summed E-state index contributed by atoms with van der Waals surface area (Å²) in [6.07, 6.45) is 0. The third-order valence-corrected chi connectivity index (χ3v) is 2.56. The quantitative estimate of drug-likeness (QED) is 0.663. The van der Waals surface area contributed by atoms with Crippen molar-refractivity contribution < 1.29 is 10.2 Å². The molecule has 1 atom stereocenters. The van der Waals surface area contributed by atoms with E-state index in [1.165, 1.54) is 0 Å². The monoisotopic (exact) mass is 195 g/mol. The molecular formula is C11H17NO2. The van der Waals surface area contributed by atoms with Crippen LogP contribution in [0.15, 0.2) is 12.1 Å². The van der Waals surface area contributed by atoms with E-state index in [0.29, 0.717) is 5.56 Å². The molecule has 1 aromatic carbocycles. The van der Waals surface area contributed by atoms with Crippen molar-refractivity contribution in [3.63, 3.8) is 0 Å². The van der Waals surface area contributed by atoms with Crippen LogP contribution in [-0.4, -0.2) is 16.8 Å². The van der Waals surface area contributed by atoms with Crippen LogP contribution in [0.1, 0.15) is 23.6 Å². The number of phenolic OH excluding ortho intramolecular Hbond substituents is 1. The predicted molar refractivity (Wildman–Crippen MR) is 56.2 cm³/mol. The van der Waals surface area contributed by atoms with Gasteiger partial charge in [-0.25, -0.2) is 0 Å². The van der Waals surface area contributed by atoms with E-state index in [1.54, 1.807) is 13.0 Å². The first-order chi connectivity index (χ1) is 6.38. The first kappa shape index (κ1) is 11.0. The highest BCUT2D eigenvalue weighted by molar-refractivity contribution is 5.44. The largest absolute Gasteiger partial charge is 0.508 e. The molecule has 4 N–H and O–H groups in total. The maximum atomic E-state index is 9.69. The van der Waals surface area contributed by atoms with Crippen LogP contribution in [0, 0.1) is 13.8 Å². The first-order valence-electron chi connectivity index (χ1n) is 4.59. The second-order valence-corrected chi connectivity index (χ2v) is 4.03. The molecule has 0 aliphatic heterocycles. The summed E-state index contributed by atoms with van der Waals surface area (Å²) in [6.45, 7) is 5.37. The zero-order valence-electron chi connectivity index (χ0n) is 8.83. The molecule has 0 unspecified atom stereocenters. The number of hydrogen-bond donors (Lipinski definition) is 3. The standard InChI is InChI=1S/C11H17NO2/c1-7-4-9(11(3,12)6-13)10(14)5-8(7)2/h4-5,13-14H,6,12H2,1-3H3/t11-/m1/s1. The van der Waals surface area contributed by atoms with Crippen LogP contribution in [-0.2, 0) is 5.54 Å². The van der Waals surface area contributed by atoms with Gasteiger partial charge in [0.15, 0.2) is 0 Å². The smallest absolute Gasteiger partial charge is 0.120 e. The molecule has 0 radical (unpaired) electrons.